The number of hydrogen-bond acceptors (Lipinski definition) is 3. The van der Waals surface area contributed by atoms with Gasteiger partial charge in [0.1, 0.15) is 18.1 Å². The van der Waals surface area contributed by atoms with Crippen LogP contribution < -0.4 is 14.8 Å². The van der Waals surface area contributed by atoms with Crippen molar-refractivity contribution in [3.8, 4) is 11.5 Å². The zero-order valence-corrected chi connectivity index (χ0v) is 14.4. The number of carbonyl (C=O) groups is 1. The molecule has 4 nitrogen and oxygen atoms in total. The Morgan fingerprint density at radius 3 is 2.70 bits per heavy atom. The lowest BCUT2D eigenvalue weighted by Gasteiger charge is -2.09. The lowest BCUT2D eigenvalue weighted by atomic mass is 10.1. The lowest BCUT2D eigenvalue weighted by Crippen LogP contribution is -2.26. The molecule has 1 aliphatic rings. The summed E-state index contributed by atoms with van der Waals surface area (Å²) in [5, 5.41) is 2.66. The predicted octanol–water partition coefficient (Wildman–Crippen LogP) is 3.85. The van der Waals surface area contributed by atoms with Crippen LogP contribution in [0.4, 0.5) is 13.2 Å². The minimum Gasteiger partial charge on any atom is -0.493 e. The molecule has 2 aromatic carbocycles. The molecule has 1 aliphatic heterocycles. The van der Waals surface area contributed by atoms with Crippen LogP contribution in [0.15, 0.2) is 48.5 Å². The molecule has 0 aromatic heterocycles. The molecule has 1 N–H and O–H groups in total. The van der Waals surface area contributed by atoms with Crippen molar-refractivity contribution in [3.63, 3.8) is 0 Å². The van der Waals surface area contributed by atoms with Gasteiger partial charge >= 0.3 is 6.18 Å². The van der Waals surface area contributed by atoms with E-state index in [0.29, 0.717) is 12.4 Å². The molecule has 0 radical (unpaired) electrons. The van der Waals surface area contributed by atoms with Gasteiger partial charge in [-0.05, 0) is 53.6 Å². The molecule has 0 saturated heterocycles. The maximum Gasteiger partial charge on any atom is 0.416 e. The fourth-order valence-corrected chi connectivity index (χ4v) is 2.62. The first-order valence-corrected chi connectivity index (χ1v) is 8.43. The second kappa shape index (κ2) is 8.16. The summed E-state index contributed by atoms with van der Waals surface area (Å²) in [5.74, 6) is 0.924. The molecule has 1 amide bonds. The third-order valence-electron chi connectivity index (χ3n) is 3.99. The van der Waals surface area contributed by atoms with Gasteiger partial charge in [-0.15, -0.1) is 0 Å². The van der Waals surface area contributed by atoms with E-state index in [1.807, 2.05) is 18.2 Å². The minimum atomic E-state index is -4.37. The second-order valence-corrected chi connectivity index (χ2v) is 5.96. The number of amides is 1. The van der Waals surface area contributed by atoms with Crippen LogP contribution in [0.3, 0.4) is 0 Å². The minimum absolute atomic E-state index is 0.154. The Hall–Kier alpha value is -2.96. The van der Waals surface area contributed by atoms with Crippen molar-refractivity contribution >= 4 is 12.0 Å². The van der Waals surface area contributed by atoms with Crippen molar-refractivity contribution in [3.05, 3.63) is 65.2 Å². The van der Waals surface area contributed by atoms with Gasteiger partial charge in [0.05, 0.1) is 18.7 Å². The van der Waals surface area contributed by atoms with Crippen molar-refractivity contribution in [1.82, 2.24) is 5.32 Å². The SMILES string of the molecule is O=C(/C=C/c1ccc2c(c1)CCO2)NCCOc1ccc(C(F)(F)F)cc1. The van der Waals surface area contributed by atoms with E-state index in [-0.39, 0.29) is 19.1 Å². The maximum absolute atomic E-state index is 12.5. The molecular formula is C20H18F3NO3. The molecule has 0 unspecified atom stereocenters. The highest BCUT2D eigenvalue weighted by atomic mass is 19.4. The van der Waals surface area contributed by atoms with Gasteiger partial charge in [-0.25, -0.2) is 0 Å². The molecular weight excluding hydrogens is 359 g/mol. The Morgan fingerprint density at radius 1 is 1.19 bits per heavy atom. The van der Waals surface area contributed by atoms with E-state index in [2.05, 4.69) is 5.32 Å². The third-order valence-corrected chi connectivity index (χ3v) is 3.99. The van der Waals surface area contributed by atoms with Gasteiger partial charge in [0, 0.05) is 12.5 Å². The van der Waals surface area contributed by atoms with E-state index >= 15 is 0 Å². The topological polar surface area (TPSA) is 47.6 Å². The standard InChI is InChI=1S/C20H18F3NO3/c21-20(22,23)16-3-5-17(6-4-16)26-12-10-24-19(25)8-2-14-1-7-18-15(13-14)9-11-27-18/h1-8,13H,9-12H2,(H,24,25)/b8-2+. The number of rotatable bonds is 6. The second-order valence-electron chi connectivity index (χ2n) is 5.96. The lowest BCUT2D eigenvalue weighted by molar-refractivity contribution is -0.137. The summed E-state index contributed by atoms with van der Waals surface area (Å²) in [6, 6.07) is 10.2. The van der Waals surface area contributed by atoms with Crippen LogP contribution in [0.1, 0.15) is 16.7 Å². The molecule has 3 rings (SSSR count). The van der Waals surface area contributed by atoms with E-state index in [1.165, 1.54) is 18.2 Å². The summed E-state index contributed by atoms with van der Waals surface area (Å²) in [4.78, 5) is 11.8. The van der Waals surface area contributed by atoms with E-state index in [1.54, 1.807) is 6.08 Å². The molecule has 0 spiro atoms. The highest BCUT2D eigenvalue weighted by Gasteiger charge is 2.29. The Balaban J connectivity index is 1.40. The van der Waals surface area contributed by atoms with Crippen LogP contribution in [0.25, 0.3) is 6.08 Å². The Morgan fingerprint density at radius 2 is 1.96 bits per heavy atom. The first kappa shape index (κ1) is 18.8. The van der Waals surface area contributed by atoms with Crippen LogP contribution in [-0.4, -0.2) is 25.7 Å². The number of halogens is 3. The normalized spacial score (nSPS) is 13.3. The van der Waals surface area contributed by atoms with Crippen molar-refractivity contribution in [2.45, 2.75) is 12.6 Å². The zero-order chi connectivity index (χ0) is 19.3. The first-order valence-electron chi connectivity index (χ1n) is 8.43. The van der Waals surface area contributed by atoms with Crippen molar-refractivity contribution in [2.24, 2.45) is 0 Å². The van der Waals surface area contributed by atoms with Crippen LogP contribution in [-0.2, 0) is 17.4 Å². The molecule has 142 valence electrons. The molecule has 0 fully saturated rings. The number of hydrogen-bond donors (Lipinski definition) is 1. The van der Waals surface area contributed by atoms with Crippen LogP contribution in [0.2, 0.25) is 0 Å². The monoisotopic (exact) mass is 377 g/mol. The van der Waals surface area contributed by atoms with Gasteiger partial charge in [-0.1, -0.05) is 6.07 Å². The number of carbonyl (C=O) groups excluding carboxylic acids is 1. The molecule has 0 bridgehead atoms. The molecule has 0 saturated carbocycles. The largest absolute Gasteiger partial charge is 0.493 e. The first-order chi connectivity index (χ1) is 12.9. The molecule has 0 aliphatic carbocycles. The molecule has 0 atom stereocenters. The van der Waals surface area contributed by atoms with Crippen molar-refractivity contribution in [1.29, 1.82) is 0 Å². The van der Waals surface area contributed by atoms with Gasteiger partial charge in [0.2, 0.25) is 5.91 Å². The van der Waals surface area contributed by atoms with Crippen LogP contribution in [0.5, 0.6) is 11.5 Å². The van der Waals surface area contributed by atoms with Crippen LogP contribution >= 0.6 is 0 Å². The Kier molecular flexibility index (Phi) is 5.69. The number of alkyl halides is 3. The van der Waals surface area contributed by atoms with Crippen molar-refractivity contribution in [2.75, 3.05) is 19.8 Å². The van der Waals surface area contributed by atoms with Gasteiger partial charge in [0.25, 0.3) is 0 Å². The van der Waals surface area contributed by atoms with Crippen LogP contribution in [0, 0.1) is 0 Å². The van der Waals surface area contributed by atoms with Gasteiger partial charge in [-0.2, -0.15) is 13.2 Å². The summed E-state index contributed by atoms with van der Waals surface area (Å²) in [6.45, 7) is 1.07. The molecule has 27 heavy (non-hydrogen) atoms. The number of fused-ring (bicyclic) bond motifs is 1. The van der Waals surface area contributed by atoms with Crippen molar-refractivity contribution < 1.29 is 27.4 Å². The summed E-state index contributed by atoms with van der Waals surface area (Å²) < 4.78 is 48.2. The fraction of sp³-hybridized carbons (Fsp3) is 0.250. The number of nitrogens with one attached hydrogen (secondary N) is 1. The summed E-state index contributed by atoms with van der Waals surface area (Å²) in [6.07, 6.45) is -0.366. The Bertz CT molecular complexity index is 829. The quantitative estimate of drug-likeness (QED) is 0.615. The van der Waals surface area contributed by atoms with Gasteiger partial charge < -0.3 is 14.8 Å². The van der Waals surface area contributed by atoms with E-state index in [4.69, 9.17) is 9.47 Å². The molecule has 1 heterocycles. The number of benzene rings is 2. The van der Waals surface area contributed by atoms with E-state index in [0.717, 1.165) is 35.4 Å². The Labute approximate surface area is 154 Å². The molecule has 7 heteroatoms. The average molecular weight is 377 g/mol. The fourth-order valence-electron chi connectivity index (χ4n) is 2.62. The van der Waals surface area contributed by atoms with E-state index < -0.39 is 11.7 Å². The highest BCUT2D eigenvalue weighted by Crippen LogP contribution is 2.30. The maximum atomic E-state index is 12.5. The zero-order valence-electron chi connectivity index (χ0n) is 14.4. The average Bonchev–Trinajstić information content (AvgIpc) is 3.11. The number of ether oxygens (including phenoxy) is 2. The van der Waals surface area contributed by atoms with E-state index in [9.17, 15) is 18.0 Å². The third kappa shape index (κ3) is 5.26. The summed E-state index contributed by atoms with van der Waals surface area (Å²) in [5.41, 5.74) is 1.31. The predicted molar refractivity (Wildman–Crippen MR) is 94.6 cm³/mol. The smallest absolute Gasteiger partial charge is 0.416 e. The summed E-state index contributed by atoms with van der Waals surface area (Å²) >= 11 is 0. The van der Waals surface area contributed by atoms with Gasteiger partial charge in [0.15, 0.2) is 0 Å². The molecule has 2 aromatic rings. The van der Waals surface area contributed by atoms with Gasteiger partial charge in [-0.3, -0.25) is 4.79 Å². The highest BCUT2D eigenvalue weighted by molar-refractivity contribution is 5.91. The summed E-state index contributed by atoms with van der Waals surface area (Å²) in [7, 11) is 0.